The number of carboxylic acid groups (broad SMARTS) is 1. The Hall–Kier alpha value is -1.43. The third-order valence-electron chi connectivity index (χ3n) is 3.17. The summed E-state index contributed by atoms with van der Waals surface area (Å²) >= 11 is 0. The van der Waals surface area contributed by atoms with E-state index in [4.69, 9.17) is 4.74 Å². The largest absolute Gasteiger partial charge is 0.479 e. The first-order chi connectivity index (χ1) is 7.62. The zero-order valence-electron chi connectivity index (χ0n) is 9.43. The van der Waals surface area contributed by atoms with Crippen molar-refractivity contribution >= 4 is 5.97 Å². The van der Waals surface area contributed by atoms with Crippen LogP contribution >= 0.6 is 0 Å². The second kappa shape index (κ2) is 3.86. The van der Waals surface area contributed by atoms with Crippen LogP contribution in [0.4, 0.5) is 0 Å². The van der Waals surface area contributed by atoms with E-state index in [9.17, 15) is 9.90 Å². The van der Waals surface area contributed by atoms with Gasteiger partial charge in [0.1, 0.15) is 18.0 Å². The van der Waals surface area contributed by atoms with Crippen LogP contribution in [0.25, 0.3) is 0 Å². The van der Waals surface area contributed by atoms with Gasteiger partial charge in [0, 0.05) is 7.11 Å². The predicted octanol–water partition coefficient (Wildman–Crippen LogP) is 0.697. The molecule has 0 unspecified atom stereocenters. The highest BCUT2D eigenvalue weighted by atomic mass is 16.5. The van der Waals surface area contributed by atoms with Crippen LogP contribution in [-0.4, -0.2) is 33.0 Å². The third kappa shape index (κ3) is 1.41. The molecular weight excluding hydrogens is 210 g/mol. The molecule has 0 saturated heterocycles. The molecular formula is C10H15N3O3. The highest BCUT2D eigenvalue weighted by Crippen LogP contribution is 2.40. The number of rotatable bonds is 4. The molecule has 0 aromatic carbocycles. The highest BCUT2D eigenvalue weighted by Gasteiger charge is 2.48. The predicted molar refractivity (Wildman–Crippen MR) is 54.9 cm³/mol. The molecule has 88 valence electrons. The highest BCUT2D eigenvalue weighted by molar-refractivity contribution is 5.78. The van der Waals surface area contributed by atoms with Crippen LogP contribution in [0.1, 0.15) is 30.9 Å². The average Bonchev–Trinajstić information content (AvgIpc) is 2.48. The van der Waals surface area contributed by atoms with E-state index in [2.05, 4.69) is 10.2 Å². The molecule has 2 rings (SSSR count). The van der Waals surface area contributed by atoms with Gasteiger partial charge in [-0.05, 0) is 26.2 Å². The van der Waals surface area contributed by atoms with Crippen LogP contribution < -0.4 is 0 Å². The summed E-state index contributed by atoms with van der Waals surface area (Å²) in [6.45, 7) is 2.06. The van der Waals surface area contributed by atoms with Gasteiger partial charge in [0.15, 0.2) is 5.82 Å². The molecule has 0 bridgehead atoms. The molecule has 0 atom stereocenters. The Labute approximate surface area is 93.2 Å². The molecule has 1 aliphatic rings. The van der Waals surface area contributed by atoms with Crippen molar-refractivity contribution in [1.82, 2.24) is 14.8 Å². The topological polar surface area (TPSA) is 77.2 Å². The van der Waals surface area contributed by atoms with E-state index >= 15 is 0 Å². The second-order valence-corrected chi connectivity index (χ2v) is 4.12. The molecule has 6 nitrogen and oxygen atoms in total. The van der Waals surface area contributed by atoms with Gasteiger partial charge in [-0.15, -0.1) is 10.2 Å². The number of nitrogens with zero attached hydrogens (tertiary/aromatic N) is 3. The second-order valence-electron chi connectivity index (χ2n) is 4.12. The number of methoxy groups -OCH3 is 1. The molecule has 1 aromatic heterocycles. The van der Waals surface area contributed by atoms with E-state index < -0.39 is 11.5 Å². The first-order valence-corrected chi connectivity index (χ1v) is 5.25. The number of ether oxygens (including phenoxy) is 1. The number of hydrogen-bond acceptors (Lipinski definition) is 4. The fourth-order valence-electron chi connectivity index (χ4n) is 2.23. The molecule has 0 radical (unpaired) electrons. The van der Waals surface area contributed by atoms with Gasteiger partial charge in [-0.2, -0.15) is 0 Å². The Morgan fingerprint density at radius 3 is 2.69 bits per heavy atom. The van der Waals surface area contributed by atoms with E-state index in [0.717, 1.165) is 6.42 Å². The van der Waals surface area contributed by atoms with Crippen molar-refractivity contribution in [2.45, 2.75) is 38.3 Å². The Kier molecular flexibility index (Phi) is 2.67. The molecule has 0 aliphatic heterocycles. The maximum Gasteiger partial charge on any atom is 0.329 e. The number of hydrogen-bond donors (Lipinski definition) is 1. The van der Waals surface area contributed by atoms with Crippen molar-refractivity contribution in [3.8, 4) is 0 Å². The van der Waals surface area contributed by atoms with Crippen LogP contribution in [0.5, 0.6) is 0 Å². The van der Waals surface area contributed by atoms with Gasteiger partial charge in [0.05, 0.1) is 0 Å². The van der Waals surface area contributed by atoms with Crippen molar-refractivity contribution in [2.75, 3.05) is 7.11 Å². The summed E-state index contributed by atoms with van der Waals surface area (Å²) in [6.07, 6.45) is 2.20. The van der Waals surface area contributed by atoms with Crippen LogP contribution in [0, 0.1) is 6.92 Å². The van der Waals surface area contributed by atoms with Gasteiger partial charge in [-0.25, -0.2) is 4.79 Å². The Morgan fingerprint density at radius 1 is 1.56 bits per heavy atom. The van der Waals surface area contributed by atoms with E-state index in [0.29, 0.717) is 24.5 Å². The number of carboxylic acids is 1. The monoisotopic (exact) mass is 225 g/mol. The van der Waals surface area contributed by atoms with Crippen LogP contribution in [0.2, 0.25) is 0 Å². The quantitative estimate of drug-likeness (QED) is 0.816. The molecule has 1 saturated carbocycles. The summed E-state index contributed by atoms with van der Waals surface area (Å²) in [4.78, 5) is 11.4. The number of aromatic nitrogens is 3. The van der Waals surface area contributed by atoms with Gasteiger partial charge < -0.3 is 9.84 Å². The molecule has 0 amide bonds. The minimum atomic E-state index is -0.846. The van der Waals surface area contributed by atoms with Crippen molar-refractivity contribution in [3.05, 3.63) is 11.6 Å². The average molecular weight is 225 g/mol. The minimum Gasteiger partial charge on any atom is -0.479 e. The lowest BCUT2D eigenvalue weighted by Crippen LogP contribution is -2.49. The number of aryl methyl sites for hydroxylation is 1. The molecule has 16 heavy (non-hydrogen) atoms. The molecule has 1 heterocycles. The molecule has 1 fully saturated rings. The van der Waals surface area contributed by atoms with E-state index in [-0.39, 0.29) is 6.61 Å². The molecule has 1 aromatic rings. The van der Waals surface area contributed by atoms with Crippen molar-refractivity contribution in [3.63, 3.8) is 0 Å². The first kappa shape index (κ1) is 11.1. The first-order valence-electron chi connectivity index (χ1n) is 5.25. The Bertz CT molecular complexity index is 409. The van der Waals surface area contributed by atoms with Gasteiger partial charge in [0.25, 0.3) is 0 Å². The van der Waals surface area contributed by atoms with Gasteiger partial charge in [0.2, 0.25) is 0 Å². The van der Waals surface area contributed by atoms with Crippen LogP contribution in [-0.2, 0) is 21.7 Å². The van der Waals surface area contributed by atoms with Crippen molar-refractivity contribution < 1.29 is 14.6 Å². The van der Waals surface area contributed by atoms with Crippen molar-refractivity contribution in [1.29, 1.82) is 0 Å². The molecule has 0 spiro atoms. The van der Waals surface area contributed by atoms with Crippen LogP contribution in [0.15, 0.2) is 0 Å². The van der Waals surface area contributed by atoms with Gasteiger partial charge >= 0.3 is 5.97 Å². The molecule has 6 heteroatoms. The van der Waals surface area contributed by atoms with Crippen molar-refractivity contribution in [2.24, 2.45) is 0 Å². The molecule has 1 N–H and O–H groups in total. The summed E-state index contributed by atoms with van der Waals surface area (Å²) < 4.78 is 6.72. The normalized spacial score (nSPS) is 18.1. The Balaban J connectivity index is 2.45. The number of aliphatic carboxylic acids is 1. The minimum absolute atomic E-state index is 0.288. The van der Waals surface area contributed by atoms with Crippen LogP contribution in [0.3, 0.4) is 0 Å². The van der Waals surface area contributed by atoms with Gasteiger partial charge in [-0.3, -0.25) is 4.57 Å². The van der Waals surface area contributed by atoms with Gasteiger partial charge in [-0.1, -0.05) is 0 Å². The summed E-state index contributed by atoms with van der Waals surface area (Å²) in [5.41, 5.74) is -0.846. The summed E-state index contributed by atoms with van der Waals surface area (Å²) in [7, 11) is 1.56. The maximum atomic E-state index is 11.4. The fourth-order valence-corrected chi connectivity index (χ4v) is 2.23. The molecule has 1 aliphatic carbocycles. The lowest BCUT2D eigenvalue weighted by Gasteiger charge is -2.40. The lowest BCUT2D eigenvalue weighted by atomic mass is 9.76. The maximum absolute atomic E-state index is 11.4. The summed E-state index contributed by atoms with van der Waals surface area (Å²) in [5.74, 6) is 0.412. The SMILES string of the molecule is COCc1nnc(C)n1C1(C(=O)O)CCC1. The summed E-state index contributed by atoms with van der Waals surface area (Å²) in [6, 6.07) is 0. The standard InChI is InChI=1S/C10H15N3O3/c1-7-11-12-8(6-16-2)13(7)10(9(14)15)4-3-5-10/h3-6H2,1-2H3,(H,14,15). The Morgan fingerprint density at radius 2 is 2.25 bits per heavy atom. The lowest BCUT2D eigenvalue weighted by molar-refractivity contribution is -0.153. The van der Waals surface area contributed by atoms with E-state index in [1.54, 1.807) is 18.6 Å². The zero-order valence-corrected chi connectivity index (χ0v) is 9.43. The van der Waals surface area contributed by atoms with E-state index in [1.165, 1.54) is 0 Å². The fraction of sp³-hybridized carbons (Fsp3) is 0.700. The zero-order chi connectivity index (χ0) is 11.8. The number of carbonyl (C=O) groups is 1. The summed E-state index contributed by atoms with van der Waals surface area (Å²) in [5, 5.41) is 17.3. The third-order valence-corrected chi connectivity index (χ3v) is 3.17. The smallest absolute Gasteiger partial charge is 0.329 e. The van der Waals surface area contributed by atoms with E-state index in [1.807, 2.05) is 0 Å².